The van der Waals surface area contributed by atoms with Gasteiger partial charge in [0.1, 0.15) is 22.3 Å². The molecule has 1 amide bonds. The van der Waals surface area contributed by atoms with Crippen LogP contribution in [0.2, 0.25) is 0 Å². The third-order valence-corrected chi connectivity index (χ3v) is 6.07. The molecule has 1 fully saturated rings. The molecule has 2 aromatic rings. The number of sulfonamides is 1. The second kappa shape index (κ2) is 7.08. The van der Waals surface area contributed by atoms with Crippen molar-refractivity contribution < 1.29 is 26.4 Å². The molecule has 9 heteroatoms. The van der Waals surface area contributed by atoms with Crippen LogP contribution in [0, 0.1) is 17.5 Å². The van der Waals surface area contributed by atoms with Gasteiger partial charge in [0, 0.05) is 26.2 Å². The Kier molecular flexibility index (Phi) is 5.01. The van der Waals surface area contributed by atoms with Gasteiger partial charge in [-0.2, -0.15) is 4.31 Å². The number of nitrogens with zero attached hydrogens (tertiary/aromatic N) is 2. The van der Waals surface area contributed by atoms with Gasteiger partial charge in [-0.1, -0.05) is 12.1 Å². The Hall–Kier alpha value is -2.39. The van der Waals surface area contributed by atoms with Crippen molar-refractivity contribution in [3.05, 3.63) is 65.5 Å². The summed E-state index contributed by atoms with van der Waals surface area (Å²) in [7, 11) is -4.04. The molecule has 0 atom stereocenters. The van der Waals surface area contributed by atoms with E-state index in [4.69, 9.17) is 0 Å². The zero-order valence-corrected chi connectivity index (χ0v) is 14.3. The zero-order valence-electron chi connectivity index (χ0n) is 13.5. The molecule has 0 N–H and O–H groups in total. The number of benzene rings is 2. The summed E-state index contributed by atoms with van der Waals surface area (Å²) in [5.74, 6) is -3.16. The first-order valence-corrected chi connectivity index (χ1v) is 9.24. The highest BCUT2D eigenvalue weighted by Gasteiger charge is 2.32. The predicted molar refractivity (Wildman–Crippen MR) is 87.4 cm³/mol. The van der Waals surface area contributed by atoms with E-state index in [9.17, 15) is 26.4 Å². The maximum Gasteiger partial charge on any atom is 0.257 e. The minimum Gasteiger partial charge on any atom is -0.336 e. The Labute approximate surface area is 148 Å². The van der Waals surface area contributed by atoms with Crippen LogP contribution >= 0.6 is 0 Å². The van der Waals surface area contributed by atoms with Gasteiger partial charge in [0.25, 0.3) is 5.91 Å². The number of rotatable bonds is 3. The topological polar surface area (TPSA) is 57.7 Å². The van der Waals surface area contributed by atoms with Crippen molar-refractivity contribution in [3.8, 4) is 0 Å². The van der Waals surface area contributed by atoms with E-state index in [-0.39, 0.29) is 26.2 Å². The standard InChI is InChI=1S/C17H15F3N2O3S/c18-12-5-6-14(19)13(11-12)17(23)21-7-9-22(10-8-21)26(24,25)16-4-2-1-3-15(16)20/h1-6,11H,7-10H2. The van der Waals surface area contributed by atoms with Crippen molar-refractivity contribution in [2.24, 2.45) is 0 Å². The van der Waals surface area contributed by atoms with Gasteiger partial charge in [-0.05, 0) is 30.3 Å². The highest BCUT2D eigenvalue weighted by Crippen LogP contribution is 2.21. The quantitative estimate of drug-likeness (QED) is 0.816. The molecule has 5 nitrogen and oxygen atoms in total. The fourth-order valence-corrected chi connectivity index (χ4v) is 4.24. The summed E-state index contributed by atoms with van der Waals surface area (Å²) < 4.78 is 66.9. The molecule has 3 rings (SSSR count). The SMILES string of the molecule is O=C(c1cc(F)ccc1F)N1CCN(S(=O)(=O)c2ccccc2F)CC1. The lowest BCUT2D eigenvalue weighted by Gasteiger charge is -2.34. The van der Waals surface area contributed by atoms with E-state index < -0.39 is 43.8 Å². The molecule has 138 valence electrons. The first-order chi connectivity index (χ1) is 12.3. The molecule has 0 spiro atoms. The van der Waals surface area contributed by atoms with E-state index in [0.717, 1.165) is 28.6 Å². The molecule has 0 unspecified atom stereocenters. The molecule has 1 aliphatic rings. The Morgan fingerprint density at radius 2 is 1.54 bits per heavy atom. The van der Waals surface area contributed by atoms with Crippen LogP contribution in [-0.4, -0.2) is 49.7 Å². The lowest BCUT2D eigenvalue weighted by molar-refractivity contribution is 0.0692. The van der Waals surface area contributed by atoms with Crippen molar-refractivity contribution in [2.75, 3.05) is 26.2 Å². The Morgan fingerprint density at radius 3 is 2.19 bits per heavy atom. The molecule has 26 heavy (non-hydrogen) atoms. The second-order valence-electron chi connectivity index (χ2n) is 5.75. The number of amides is 1. The van der Waals surface area contributed by atoms with Crippen LogP contribution in [0.25, 0.3) is 0 Å². The first kappa shape index (κ1) is 18.4. The molecular weight excluding hydrogens is 369 g/mol. The molecule has 0 radical (unpaired) electrons. The number of hydrogen-bond donors (Lipinski definition) is 0. The summed E-state index contributed by atoms with van der Waals surface area (Å²) in [6.45, 7) is -0.163. The van der Waals surface area contributed by atoms with Crippen molar-refractivity contribution in [1.29, 1.82) is 0 Å². The molecule has 0 bridgehead atoms. The van der Waals surface area contributed by atoms with Gasteiger partial charge in [0.15, 0.2) is 0 Å². The highest BCUT2D eigenvalue weighted by molar-refractivity contribution is 7.89. The third-order valence-electron chi connectivity index (χ3n) is 4.14. The molecule has 1 saturated heterocycles. The molecule has 0 aromatic heterocycles. The van der Waals surface area contributed by atoms with E-state index in [1.807, 2.05) is 0 Å². The highest BCUT2D eigenvalue weighted by atomic mass is 32.2. The second-order valence-corrected chi connectivity index (χ2v) is 7.66. The minimum atomic E-state index is -4.04. The number of carbonyl (C=O) groups excluding carboxylic acids is 1. The van der Waals surface area contributed by atoms with Crippen LogP contribution in [0.3, 0.4) is 0 Å². The van der Waals surface area contributed by atoms with E-state index >= 15 is 0 Å². The molecular formula is C17H15F3N2O3S. The van der Waals surface area contributed by atoms with Crippen molar-refractivity contribution in [1.82, 2.24) is 9.21 Å². The summed E-state index contributed by atoms with van der Waals surface area (Å²) in [6, 6.07) is 7.61. The van der Waals surface area contributed by atoms with Gasteiger partial charge in [-0.25, -0.2) is 21.6 Å². The van der Waals surface area contributed by atoms with Crippen LogP contribution in [0.1, 0.15) is 10.4 Å². The number of carbonyl (C=O) groups is 1. The van der Waals surface area contributed by atoms with Gasteiger partial charge >= 0.3 is 0 Å². The molecule has 1 aliphatic heterocycles. The lowest BCUT2D eigenvalue weighted by Crippen LogP contribution is -2.50. The summed E-state index contributed by atoms with van der Waals surface area (Å²) in [5.41, 5.74) is -0.407. The Balaban J connectivity index is 1.74. The van der Waals surface area contributed by atoms with E-state index in [1.54, 1.807) is 0 Å². The summed E-state index contributed by atoms with van der Waals surface area (Å²) in [4.78, 5) is 13.2. The van der Waals surface area contributed by atoms with Crippen LogP contribution < -0.4 is 0 Å². The average Bonchev–Trinajstić information content (AvgIpc) is 2.63. The first-order valence-electron chi connectivity index (χ1n) is 7.80. The van der Waals surface area contributed by atoms with Gasteiger partial charge in [0.05, 0.1) is 5.56 Å². The van der Waals surface area contributed by atoms with Gasteiger partial charge < -0.3 is 4.90 Å². The zero-order chi connectivity index (χ0) is 18.9. The summed E-state index contributed by atoms with van der Waals surface area (Å²) in [5, 5.41) is 0. The number of hydrogen-bond acceptors (Lipinski definition) is 3. The van der Waals surface area contributed by atoms with E-state index in [1.165, 1.54) is 23.1 Å². The van der Waals surface area contributed by atoms with Crippen LogP contribution in [-0.2, 0) is 10.0 Å². The van der Waals surface area contributed by atoms with Gasteiger partial charge in [-0.15, -0.1) is 0 Å². The van der Waals surface area contributed by atoms with Gasteiger partial charge in [-0.3, -0.25) is 4.79 Å². The maximum absolute atomic E-state index is 13.8. The average molecular weight is 384 g/mol. The minimum absolute atomic E-state index is 0.0114. The van der Waals surface area contributed by atoms with Crippen molar-refractivity contribution in [2.45, 2.75) is 4.90 Å². The molecule has 0 aliphatic carbocycles. The van der Waals surface area contributed by atoms with Crippen molar-refractivity contribution in [3.63, 3.8) is 0 Å². The molecule has 2 aromatic carbocycles. The monoisotopic (exact) mass is 384 g/mol. The van der Waals surface area contributed by atoms with Crippen LogP contribution in [0.5, 0.6) is 0 Å². The predicted octanol–water partition coefficient (Wildman–Crippen LogP) is 2.25. The summed E-state index contributed by atoms with van der Waals surface area (Å²) in [6.07, 6.45) is 0. The fourth-order valence-electron chi connectivity index (χ4n) is 2.76. The fraction of sp³-hybridized carbons (Fsp3) is 0.235. The number of piperazine rings is 1. The Bertz CT molecular complexity index is 942. The smallest absolute Gasteiger partial charge is 0.257 e. The van der Waals surface area contributed by atoms with Crippen LogP contribution in [0.4, 0.5) is 13.2 Å². The molecule has 0 saturated carbocycles. The third kappa shape index (κ3) is 3.45. The largest absolute Gasteiger partial charge is 0.336 e. The van der Waals surface area contributed by atoms with E-state index in [0.29, 0.717) is 0 Å². The maximum atomic E-state index is 13.8. The van der Waals surface area contributed by atoms with Crippen LogP contribution in [0.15, 0.2) is 47.4 Å². The Morgan fingerprint density at radius 1 is 0.885 bits per heavy atom. The summed E-state index contributed by atoms with van der Waals surface area (Å²) >= 11 is 0. The molecule has 1 heterocycles. The number of halogens is 3. The lowest BCUT2D eigenvalue weighted by atomic mass is 10.1. The van der Waals surface area contributed by atoms with E-state index in [2.05, 4.69) is 0 Å². The van der Waals surface area contributed by atoms with Crippen molar-refractivity contribution >= 4 is 15.9 Å². The normalized spacial score (nSPS) is 15.9. The van der Waals surface area contributed by atoms with Gasteiger partial charge in [0.2, 0.25) is 10.0 Å².